The highest BCUT2D eigenvalue weighted by atomic mass is 16.1. The van der Waals surface area contributed by atoms with E-state index in [0.717, 1.165) is 12.0 Å². The lowest BCUT2D eigenvalue weighted by Crippen LogP contribution is -2.31. The van der Waals surface area contributed by atoms with Crippen LogP contribution < -0.4 is 0 Å². The molecule has 4 rings (SSSR count). The number of Topliss-reactive ketones (excluding diaryl/α,β-unsaturated/α-hetero) is 1. The molecule has 0 N–H and O–H groups in total. The van der Waals surface area contributed by atoms with Gasteiger partial charge in [0.1, 0.15) is 0 Å². The van der Waals surface area contributed by atoms with Crippen LogP contribution >= 0.6 is 0 Å². The third kappa shape index (κ3) is 1.28. The summed E-state index contributed by atoms with van der Waals surface area (Å²) in [5.41, 5.74) is 0.613. The Kier molecular flexibility index (Phi) is 2.06. The summed E-state index contributed by atoms with van der Waals surface area (Å²) in [6, 6.07) is 10.1. The second kappa shape index (κ2) is 3.44. The Bertz CT molecular complexity index is 453. The summed E-state index contributed by atoms with van der Waals surface area (Å²) < 4.78 is 0. The van der Waals surface area contributed by atoms with Gasteiger partial charge < -0.3 is 0 Å². The zero-order valence-corrected chi connectivity index (χ0v) is 9.10. The molecule has 3 aliphatic rings. The molecule has 0 amide bonds. The van der Waals surface area contributed by atoms with Gasteiger partial charge >= 0.3 is 0 Å². The fraction of sp³-hybridized carbons (Fsp3) is 0.267. The molecule has 16 heavy (non-hydrogen) atoms. The van der Waals surface area contributed by atoms with Crippen LogP contribution in [-0.4, -0.2) is 5.78 Å². The van der Waals surface area contributed by atoms with Crippen LogP contribution in [0.15, 0.2) is 54.6 Å². The minimum Gasteiger partial charge on any atom is -0.298 e. The van der Waals surface area contributed by atoms with E-state index in [0.29, 0.717) is 18.1 Å². The van der Waals surface area contributed by atoms with Crippen molar-refractivity contribution in [2.75, 3.05) is 0 Å². The van der Waals surface area contributed by atoms with Gasteiger partial charge in [0.15, 0.2) is 5.78 Å². The molecule has 3 aliphatic carbocycles. The van der Waals surface area contributed by atoms with Crippen LogP contribution in [0.3, 0.4) is 0 Å². The minimum absolute atomic E-state index is 0.325. The fourth-order valence-corrected chi connectivity index (χ4v) is 2.62. The second-order valence-corrected chi connectivity index (χ2v) is 4.58. The number of fused-ring (bicyclic) bond motifs is 2. The van der Waals surface area contributed by atoms with Crippen LogP contribution in [0.1, 0.15) is 18.4 Å². The van der Waals surface area contributed by atoms with E-state index < -0.39 is 5.41 Å². The molecule has 0 aromatic heterocycles. The SMILES string of the molecule is O=C1CCC2C=CC1(c1ccccc1)C=C2. The largest absolute Gasteiger partial charge is 0.298 e. The summed E-state index contributed by atoms with van der Waals surface area (Å²) in [5, 5.41) is 0. The van der Waals surface area contributed by atoms with E-state index >= 15 is 0 Å². The van der Waals surface area contributed by atoms with Crippen molar-refractivity contribution >= 4 is 5.78 Å². The Morgan fingerprint density at radius 2 is 1.75 bits per heavy atom. The predicted molar refractivity (Wildman–Crippen MR) is 64.1 cm³/mol. The van der Waals surface area contributed by atoms with Gasteiger partial charge in [-0.05, 0) is 17.9 Å². The van der Waals surface area contributed by atoms with Crippen LogP contribution in [-0.2, 0) is 10.2 Å². The average molecular weight is 210 g/mol. The predicted octanol–water partition coefficient (Wildman–Crippen LogP) is 3.03. The van der Waals surface area contributed by atoms with Crippen LogP contribution in [0.5, 0.6) is 0 Å². The van der Waals surface area contributed by atoms with Gasteiger partial charge in [0.05, 0.1) is 5.41 Å². The standard InChI is InChI=1S/C15H14O/c16-14-7-6-12-8-10-15(14,11-9-12)13-4-2-1-3-5-13/h1-5,8-12H,6-7H2. The highest BCUT2D eigenvalue weighted by molar-refractivity contribution is 5.95. The van der Waals surface area contributed by atoms with Gasteiger partial charge in [-0.2, -0.15) is 0 Å². The third-order valence-electron chi connectivity index (χ3n) is 3.63. The Morgan fingerprint density at radius 3 is 2.44 bits per heavy atom. The summed E-state index contributed by atoms with van der Waals surface area (Å²) in [6.45, 7) is 0. The van der Waals surface area contributed by atoms with Gasteiger partial charge in [-0.3, -0.25) is 4.79 Å². The van der Waals surface area contributed by atoms with E-state index in [1.807, 2.05) is 30.3 Å². The molecule has 80 valence electrons. The van der Waals surface area contributed by atoms with Crippen LogP contribution in [0.25, 0.3) is 0 Å². The van der Waals surface area contributed by atoms with Crippen molar-refractivity contribution in [1.29, 1.82) is 0 Å². The number of rotatable bonds is 1. The first-order chi connectivity index (χ1) is 7.81. The van der Waals surface area contributed by atoms with Gasteiger partial charge in [-0.25, -0.2) is 0 Å². The Balaban J connectivity index is 2.16. The lowest BCUT2D eigenvalue weighted by atomic mass is 9.75. The lowest BCUT2D eigenvalue weighted by Gasteiger charge is -2.26. The molecule has 0 unspecified atom stereocenters. The second-order valence-electron chi connectivity index (χ2n) is 4.58. The number of ketones is 1. The highest BCUT2D eigenvalue weighted by Gasteiger charge is 2.38. The van der Waals surface area contributed by atoms with Crippen LogP contribution in [0.2, 0.25) is 0 Å². The van der Waals surface area contributed by atoms with Gasteiger partial charge in [-0.1, -0.05) is 54.6 Å². The summed E-state index contributed by atoms with van der Waals surface area (Å²) in [5.74, 6) is 0.787. The molecule has 0 atom stereocenters. The fourth-order valence-electron chi connectivity index (χ4n) is 2.62. The summed E-state index contributed by atoms with van der Waals surface area (Å²) in [4.78, 5) is 12.3. The summed E-state index contributed by atoms with van der Waals surface area (Å²) in [6.07, 6.45) is 10.2. The van der Waals surface area contributed by atoms with Gasteiger partial charge in [0.25, 0.3) is 0 Å². The van der Waals surface area contributed by atoms with Crippen molar-refractivity contribution in [2.45, 2.75) is 18.3 Å². The van der Waals surface area contributed by atoms with Gasteiger partial charge in [0, 0.05) is 6.42 Å². The van der Waals surface area contributed by atoms with Crippen LogP contribution in [0.4, 0.5) is 0 Å². The van der Waals surface area contributed by atoms with Crippen molar-refractivity contribution in [3.63, 3.8) is 0 Å². The zero-order valence-electron chi connectivity index (χ0n) is 9.10. The lowest BCUT2D eigenvalue weighted by molar-refractivity contribution is -0.121. The molecule has 1 nitrogen and oxygen atoms in total. The first-order valence-corrected chi connectivity index (χ1v) is 5.79. The van der Waals surface area contributed by atoms with E-state index in [1.165, 1.54) is 0 Å². The molecule has 0 spiro atoms. The van der Waals surface area contributed by atoms with Gasteiger partial charge in [-0.15, -0.1) is 0 Å². The first-order valence-electron chi connectivity index (χ1n) is 5.79. The van der Waals surface area contributed by atoms with E-state index in [1.54, 1.807) is 0 Å². The van der Waals surface area contributed by atoms with Crippen molar-refractivity contribution in [3.05, 3.63) is 60.2 Å². The molecule has 0 saturated heterocycles. The molecule has 1 heteroatoms. The highest BCUT2D eigenvalue weighted by Crippen LogP contribution is 2.38. The maximum atomic E-state index is 12.3. The van der Waals surface area contributed by atoms with Crippen molar-refractivity contribution in [1.82, 2.24) is 0 Å². The monoisotopic (exact) mass is 210 g/mol. The third-order valence-corrected chi connectivity index (χ3v) is 3.63. The quantitative estimate of drug-likeness (QED) is 0.651. The maximum absolute atomic E-state index is 12.3. The molecule has 0 aliphatic heterocycles. The van der Waals surface area contributed by atoms with Crippen molar-refractivity contribution in [3.8, 4) is 0 Å². The molecular weight excluding hydrogens is 196 g/mol. The zero-order chi connectivity index (χ0) is 11.0. The smallest absolute Gasteiger partial charge is 0.151 e. The number of hydrogen-bond donors (Lipinski definition) is 0. The molecule has 1 aromatic rings. The molecular formula is C15H14O. The Labute approximate surface area is 95.5 Å². The molecule has 0 saturated carbocycles. The number of allylic oxidation sites excluding steroid dienone is 4. The molecule has 0 fully saturated rings. The van der Waals surface area contributed by atoms with E-state index in [2.05, 4.69) is 24.3 Å². The number of hydrogen-bond acceptors (Lipinski definition) is 1. The van der Waals surface area contributed by atoms with E-state index in [-0.39, 0.29) is 0 Å². The van der Waals surface area contributed by atoms with Crippen LogP contribution in [0, 0.1) is 5.92 Å². The average Bonchev–Trinajstić information content (AvgIpc) is 2.62. The normalized spacial score (nSPS) is 31.8. The number of benzene rings is 1. The number of carbonyl (C=O) groups excluding carboxylic acids is 1. The summed E-state index contributed by atoms with van der Waals surface area (Å²) >= 11 is 0. The number of carbonyl (C=O) groups is 1. The van der Waals surface area contributed by atoms with Crippen molar-refractivity contribution < 1.29 is 4.79 Å². The molecule has 0 radical (unpaired) electrons. The summed E-state index contributed by atoms with van der Waals surface area (Å²) in [7, 11) is 0. The Morgan fingerprint density at radius 1 is 1.06 bits per heavy atom. The molecule has 1 aromatic carbocycles. The maximum Gasteiger partial charge on any atom is 0.151 e. The minimum atomic E-state index is -0.478. The van der Waals surface area contributed by atoms with E-state index in [4.69, 9.17) is 0 Å². The molecule has 0 heterocycles. The van der Waals surface area contributed by atoms with E-state index in [9.17, 15) is 4.79 Å². The van der Waals surface area contributed by atoms with Crippen molar-refractivity contribution in [2.24, 2.45) is 5.92 Å². The Hall–Kier alpha value is -1.63. The molecule has 2 bridgehead atoms. The topological polar surface area (TPSA) is 17.1 Å². The first kappa shape index (κ1) is 9.59. The van der Waals surface area contributed by atoms with Gasteiger partial charge in [0.2, 0.25) is 0 Å².